The summed E-state index contributed by atoms with van der Waals surface area (Å²) in [7, 11) is 1.61. The fraction of sp³-hybridized carbons (Fsp3) is 0.273. The van der Waals surface area contributed by atoms with E-state index >= 15 is 0 Å². The van der Waals surface area contributed by atoms with Gasteiger partial charge in [0.25, 0.3) is 0 Å². The second-order valence-electron chi connectivity index (χ2n) is 3.74. The van der Waals surface area contributed by atoms with E-state index < -0.39 is 4.92 Å². The molecule has 1 N–H and O–H groups in total. The van der Waals surface area contributed by atoms with Crippen LogP contribution in [0.5, 0.6) is 0 Å². The first-order valence-corrected chi connectivity index (χ1v) is 5.58. The summed E-state index contributed by atoms with van der Waals surface area (Å²) in [6.07, 6.45) is 4.80. The Labute approximate surface area is 109 Å². The average Bonchev–Trinajstić information content (AvgIpc) is 2.84. The van der Waals surface area contributed by atoms with Crippen molar-refractivity contribution in [3.05, 3.63) is 40.8 Å². The number of ether oxygens (including phenoxy) is 1. The summed E-state index contributed by atoms with van der Waals surface area (Å²) in [6, 6.07) is 2.91. The lowest BCUT2D eigenvalue weighted by molar-refractivity contribution is -0.384. The van der Waals surface area contributed by atoms with Crippen LogP contribution in [0.1, 0.15) is 0 Å². The quantitative estimate of drug-likeness (QED) is 0.628. The maximum atomic E-state index is 10.8. The fourth-order valence-electron chi connectivity index (χ4n) is 1.51. The van der Waals surface area contributed by atoms with Gasteiger partial charge in [0.1, 0.15) is 0 Å². The third kappa shape index (κ3) is 3.26. The van der Waals surface area contributed by atoms with Crippen LogP contribution in [0.2, 0.25) is 0 Å². The predicted molar refractivity (Wildman–Crippen MR) is 68.3 cm³/mol. The Morgan fingerprint density at radius 2 is 2.42 bits per heavy atom. The van der Waals surface area contributed by atoms with E-state index in [4.69, 9.17) is 4.74 Å². The third-order valence-corrected chi connectivity index (χ3v) is 2.40. The van der Waals surface area contributed by atoms with Crippen LogP contribution in [0.25, 0.3) is 0 Å². The van der Waals surface area contributed by atoms with E-state index in [1.807, 2.05) is 0 Å². The Kier molecular flexibility index (Phi) is 4.04. The van der Waals surface area contributed by atoms with Crippen molar-refractivity contribution in [1.29, 1.82) is 0 Å². The first-order chi connectivity index (χ1) is 9.20. The molecule has 2 aromatic heterocycles. The number of nitro groups is 1. The normalized spacial score (nSPS) is 10.4. The molecular formula is C11H13N5O3. The van der Waals surface area contributed by atoms with E-state index in [-0.39, 0.29) is 11.5 Å². The zero-order chi connectivity index (χ0) is 13.7. The Morgan fingerprint density at radius 1 is 1.58 bits per heavy atom. The molecule has 0 aliphatic carbocycles. The largest absolute Gasteiger partial charge is 0.383 e. The number of hydrogen-bond acceptors (Lipinski definition) is 6. The molecule has 0 aliphatic rings. The lowest BCUT2D eigenvalue weighted by Crippen LogP contribution is -2.04. The standard InChI is InChI=1S/C11H13N5O3/c1-19-6-5-15-8-9(7-13-15)14-11-10(16(17)18)3-2-4-12-11/h2-4,7-8H,5-6H2,1H3,(H,12,14). The van der Waals surface area contributed by atoms with Crippen molar-refractivity contribution >= 4 is 17.2 Å². The highest BCUT2D eigenvalue weighted by molar-refractivity contribution is 5.63. The molecule has 0 atom stereocenters. The molecule has 8 heteroatoms. The highest BCUT2D eigenvalue weighted by Gasteiger charge is 2.14. The first kappa shape index (κ1) is 13.0. The second-order valence-corrected chi connectivity index (χ2v) is 3.74. The Morgan fingerprint density at radius 3 is 3.16 bits per heavy atom. The van der Waals surface area contributed by atoms with Crippen molar-refractivity contribution < 1.29 is 9.66 Å². The minimum absolute atomic E-state index is 0.0767. The number of aromatic nitrogens is 3. The Bertz CT molecular complexity index is 569. The van der Waals surface area contributed by atoms with Crippen molar-refractivity contribution in [3.63, 3.8) is 0 Å². The second kappa shape index (κ2) is 5.91. The van der Waals surface area contributed by atoms with Crippen LogP contribution in [-0.4, -0.2) is 33.4 Å². The van der Waals surface area contributed by atoms with E-state index in [0.29, 0.717) is 18.8 Å². The highest BCUT2D eigenvalue weighted by atomic mass is 16.6. The predicted octanol–water partition coefficient (Wildman–Crippen LogP) is 1.58. The molecule has 0 unspecified atom stereocenters. The van der Waals surface area contributed by atoms with Crippen LogP contribution in [0, 0.1) is 10.1 Å². The van der Waals surface area contributed by atoms with Gasteiger partial charge in [-0.15, -0.1) is 0 Å². The highest BCUT2D eigenvalue weighted by Crippen LogP contribution is 2.23. The van der Waals surface area contributed by atoms with Gasteiger partial charge in [-0.1, -0.05) is 0 Å². The molecule has 0 aliphatic heterocycles. The van der Waals surface area contributed by atoms with Gasteiger partial charge in [0, 0.05) is 25.6 Å². The van der Waals surface area contributed by atoms with Crippen LogP contribution in [-0.2, 0) is 11.3 Å². The molecule has 2 heterocycles. The van der Waals surface area contributed by atoms with Gasteiger partial charge in [0.2, 0.25) is 5.82 Å². The maximum Gasteiger partial charge on any atom is 0.311 e. The summed E-state index contributed by atoms with van der Waals surface area (Å²) in [5.74, 6) is 0.193. The van der Waals surface area contributed by atoms with Crippen LogP contribution in [0.15, 0.2) is 30.7 Å². The molecule has 0 bridgehead atoms. The van der Waals surface area contributed by atoms with E-state index in [0.717, 1.165) is 0 Å². The zero-order valence-corrected chi connectivity index (χ0v) is 10.3. The van der Waals surface area contributed by atoms with Crippen LogP contribution in [0.3, 0.4) is 0 Å². The molecule has 19 heavy (non-hydrogen) atoms. The summed E-state index contributed by atoms with van der Waals surface area (Å²) in [5, 5.41) is 17.8. The molecule has 0 saturated heterocycles. The average molecular weight is 263 g/mol. The van der Waals surface area contributed by atoms with Gasteiger partial charge in [-0.3, -0.25) is 14.8 Å². The van der Waals surface area contributed by atoms with Gasteiger partial charge in [0.15, 0.2) is 0 Å². The van der Waals surface area contributed by atoms with Gasteiger partial charge >= 0.3 is 5.69 Å². The molecular weight excluding hydrogens is 250 g/mol. The molecule has 100 valence electrons. The van der Waals surface area contributed by atoms with Gasteiger partial charge in [-0.2, -0.15) is 5.10 Å². The molecule has 0 saturated carbocycles. The van der Waals surface area contributed by atoms with Crippen molar-refractivity contribution in [1.82, 2.24) is 14.8 Å². The summed E-state index contributed by atoms with van der Waals surface area (Å²) in [5.41, 5.74) is 0.560. The van der Waals surface area contributed by atoms with Crippen molar-refractivity contribution in [2.75, 3.05) is 19.0 Å². The molecule has 8 nitrogen and oxygen atoms in total. The third-order valence-electron chi connectivity index (χ3n) is 2.40. The van der Waals surface area contributed by atoms with Crippen molar-refractivity contribution in [2.45, 2.75) is 6.54 Å². The molecule has 0 radical (unpaired) electrons. The fourth-order valence-corrected chi connectivity index (χ4v) is 1.51. The SMILES string of the molecule is COCCn1cc(Nc2ncccc2[N+](=O)[O-])cn1. The van der Waals surface area contributed by atoms with E-state index in [2.05, 4.69) is 15.4 Å². The summed E-state index contributed by atoms with van der Waals surface area (Å²) >= 11 is 0. The molecule has 0 amide bonds. The summed E-state index contributed by atoms with van der Waals surface area (Å²) in [4.78, 5) is 14.3. The first-order valence-electron chi connectivity index (χ1n) is 5.58. The number of hydrogen-bond donors (Lipinski definition) is 1. The maximum absolute atomic E-state index is 10.8. The molecule has 0 spiro atoms. The number of pyridine rings is 1. The smallest absolute Gasteiger partial charge is 0.311 e. The minimum atomic E-state index is -0.481. The van der Waals surface area contributed by atoms with Gasteiger partial charge < -0.3 is 10.1 Å². The number of rotatable bonds is 6. The Balaban J connectivity index is 2.13. The minimum Gasteiger partial charge on any atom is -0.383 e. The van der Waals surface area contributed by atoms with Crippen molar-refractivity contribution in [2.24, 2.45) is 0 Å². The topological polar surface area (TPSA) is 95.1 Å². The van der Waals surface area contributed by atoms with E-state index in [9.17, 15) is 10.1 Å². The molecule has 0 aromatic carbocycles. The monoisotopic (exact) mass is 263 g/mol. The van der Waals surface area contributed by atoms with Crippen LogP contribution < -0.4 is 5.32 Å². The number of anilines is 2. The molecule has 2 rings (SSSR count). The van der Waals surface area contributed by atoms with Crippen LogP contribution >= 0.6 is 0 Å². The summed E-state index contributed by atoms with van der Waals surface area (Å²) in [6.45, 7) is 1.16. The zero-order valence-electron chi connectivity index (χ0n) is 10.3. The lowest BCUT2D eigenvalue weighted by Gasteiger charge is -2.02. The molecule has 0 fully saturated rings. The van der Waals surface area contributed by atoms with Crippen molar-refractivity contribution in [3.8, 4) is 0 Å². The number of nitrogens with zero attached hydrogens (tertiary/aromatic N) is 4. The van der Waals surface area contributed by atoms with Gasteiger partial charge in [-0.05, 0) is 6.07 Å². The van der Waals surface area contributed by atoms with Gasteiger partial charge in [-0.25, -0.2) is 4.98 Å². The van der Waals surface area contributed by atoms with Gasteiger partial charge in [0.05, 0.1) is 30.0 Å². The number of nitrogens with one attached hydrogen (secondary N) is 1. The van der Waals surface area contributed by atoms with E-state index in [1.165, 1.54) is 18.3 Å². The Hall–Kier alpha value is -2.48. The van der Waals surface area contributed by atoms with Crippen LogP contribution in [0.4, 0.5) is 17.2 Å². The lowest BCUT2D eigenvalue weighted by atomic mass is 10.4. The molecule has 2 aromatic rings. The number of methoxy groups -OCH3 is 1. The summed E-state index contributed by atoms with van der Waals surface area (Å²) < 4.78 is 6.62. The van der Waals surface area contributed by atoms with E-state index in [1.54, 1.807) is 24.2 Å².